The fourth-order valence-electron chi connectivity index (χ4n) is 2.40. The molecule has 0 bridgehead atoms. The van der Waals surface area contributed by atoms with Crippen LogP contribution in [-0.4, -0.2) is 24.2 Å². The Hall–Kier alpha value is -1.51. The molecule has 1 aliphatic rings. The van der Waals surface area contributed by atoms with Gasteiger partial charge < -0.3 is 10.0 Å². The van der Waals surface area contributed by atoms with Gasteiger partial charge >= 0.3 is 5.97 Å². The standard InChI is InChI=1S/C14H19NO2/c1-9-5-4-6-12(14(16)17)13(9)15(3)10(2)11-7-8-11/h4-6,10-11H,7-8H2,1-3H3,(H,16,17). The monoisotopic (exact) mass is 233 g/mol. The van der Waals surface area contributed by atoms with Crippen LogP contribution in [0.3, 0.4) is 0 Å². The Morgan fingerprint density at radius 3 is 2.65 bits per heavy atom. The zero-order valence-corrected chi connectivity index (χ0v) is 10.6. The lowest BCUT2D eigenvalue weighted by atomic mass is 10.0. The number of carbonyl (C=O) groups is 1. The smallest absolute Gasteiger partial charge is 0.337 e. The van der Waals surface area contributed by atoms with Gasteiger partial charge in [0.25, 0.3) is 0 Å². The van der Waals surface area contributed by atoms with Crippen LogP contribution in [0.25, 0.3) is 0 Å². The number of aryl methyl sites for hydroxylation is 1. The molecule has 1 fully saturated rings. The molecule has 1 unspecified atom stereocenters. The van der Waals surface area contributed by atoms with E-state index in [0.717, 1.165) is 17.2 Å². The van der Waals surface area contributed by atoms with E-state index < -0.39 is 5.97 Å². The lowest BCUT2D eigenvalue weighted by Crippen LogP contribution is -2.32. The quantitative estimate of drug-likeness (QED) is 0.869. The summed E-state index contributed by atoms with van der Waals surface area (Å²) in [5, 5.41) is 9.25. The molecular formula is C14H19NO2. The summed E-state index contributed by atoms with van der Waals surface area (Å²) in [5.74, 6) is -0.125. The van der Waals surface area contributed by atoms with Gasteiger partial charge in [-0.25, -0.2) is 4.79 Å². The molecule has 3 heteroatoms. The van der Waals surface area contributed by atoms with Crippen molar-refractivity contribution in [2.75, 3.05) is 11.9 Å². The number of anilines is 1. The first-order chi connectivity index (χ1) is 8.02. The van der Waals surface area contributed by atoms with Crippen LogP contribution in [0.4, 0.5) is 5.69 Å². The van der Waals surface area contributed by atoms with Crippen molar-refractivity contribution in [2.45, 2.75) is 32.7 Å². The molecule has 0 aromatic heterocycles. The molecule has 0 aliphatic heterocycles. The maximum absolute atomic E-state index is 11.3. The van der Waals surface area contributed by atoms with Crippen molar-refractivity contribution in [2.24, 2.45) is 5.92 Å². The van der Waals surface area contributed by atoms with Crippen molar-refractivity contribution in [1.29, 1.82) is 0 Å². The van der Waals surface area contributed by atoms with E-state index in [1.54, 1.807) is 12.1 Å². The second-order valence-electron chi connectivity index (χ2n) is 4.97. The molecule has 1 aromatic rings. The summed E-state index contributed by atoms with van der Waals surface area (Å²) in [5.41, 5.74) is 2.29. The number of hydrogen-bond acceptors (Lipinski definition) is 2. The SMILES string of the molecule is Cc1cccc(C(=O)O)c1N(C)C(C)C1CC1. The Labute approximate surface area is 102 Å². The predicted molar refractivity (Wildman–Crippen MR) is 68.7 cm³/mol. The van der Waals surface area contributed by atoms with Gasteiger partial charge in [0.05, 0.1) is 11.3 Å². The summed E-state index contributed by atoms with van der Waals surface area (Å²) in [7, 11) is 2.00. The van der Waals surface area contributed by atoms with Crippen molar-refractivity contribution >= 4 is 11.7 Å². The second kappa shape index (κ2) is 4.40. The Bertz CT molecular complexity index is 438. The minimum Gasteiger partial charge on any atom is -0.478 e. The van der Waals surface area contributed by atoms with E-state index in [1.165, 1.54) is 12.8 Å². The molecule has 1 aliphatic carbocycles. The maximum Gasteiger partial charge on any atom is 0.337 e. The van der Waals surface area contributed by atoms with Crippen LogP contribution >= 0.6 is 0 Å². The summed E-state index contributed by atoms with van der Waals surface area (Å²) in [6, 6.07) is 5.87. The molecule has 1 aromatic carbocycles. The highest BCUT2D eigenvalue weighted by molar-refractivity contribution is 5.95. The third-order valence-electron chi connectivity index (χ3n) is 3.74. The highest BCUT2D eigenvalue weighted by atomic mass is 16.4. The van der Waals surface area contributed by atoms with Crippen molar-refractivity contribution in [3.63, 3.8) is 0 Å². The van der Waals surface area contributed by atoms with Gasteiger partial charge in [0, 0.05) is 13.1 Å². The molecule has 1 saturated carbocycles. The van der Waals surface area contributed by atoms with Gasteiger partial charge in [-0.05, 0) is 44.2 Å². The van der Waals surface area contributed by atoms with Gasteiger partial charge in [-0.15, -0.1) is 0 Å². The lowest BCUT2D eigenvalue weighted by molar-refractivity contribution is 0.0697. The minimum atomic E-state index is -0.849. The minimum absolute atomic E-state index is 0.403. The summed E-state index contributed by atoms with van der Waals surface area (Å²) in [6.07, 6.45) is 2.53. The van der Waals surface area contributed by atoms with Crippen LogP contribution in [0, 0.1) is 12.8 Å². The van der Waals surface area contributed by atoms with E-state index in [0.29, 0.717) is 11.6 Å². The van der Waals surface area contributed by atoms with Crippen LogP contribution in [0.15, 0.2) is 18.2 Å². The number of hydrogen-bond donors (Lipinski definition) is 1. The highest BCUT2D eigenvalue weighted by Gasteiger charge is 2.32. The van der Waals surface area contributed by atoms with Gasteiger partial charge in [0.1, 0.15) is 0 Å². The molecule has 0 heterocycles. The molecule has 0 radical (unpaired) electrons. The van der Waals surface area contributed by atoms with E-state index in [2.05, 4.69) is 11.8 Å². The molecule has 3 nitrogen and oxygen atoms in total. The zero-order valence-electron chi connectivity index (χ0n) is 10.6. The molecule has 92 valence electrons. The highest BCUT2D eigenvalue weighted by Crippen LogP contribution is 2.37. The van der Waals surface area contributed by atoms with Gasteiger partial charge in [-0.3, -0.25) is 0 Å². The van der Waals surface area contributed by atoms with Crippen LogP contribution < -0.4 is 4.90 Å². The van der Waals surface area contributed by atoms with E-state index in [1.807, 2.05) is 20.0 Å². The number of para-hydroxylation sites is 1. The van der Waals surface area contributed by atoms with Gasteiger partial charge in [0.15, 0.2) is 0 Å². The first-order valence-electron chi connectivity index (χ1n) is 6.08. The zero-order chi connectivity index (χ0) is 12.6. The van der Waals surface area contributed by atoms with Crippen LogP contribution in [0.2, 0.25) is 0 Å². The first-order valence-corrected chi connectivity index (χ1v) is 6.08. The second-order valence-corrected chi connectivity index (χ2v) is 4.97. The summed E-state index contributed by atoms with van der Waals surface area (Å²) in [6.45, 7) is 4.15. The number of nitrogens with zero attached hydrogens (tertiary/aromatic N) is 1. The lowest BCUT2D eigenvalue weighted by Gasteiger charge is -2.29. The number of carboxylic acids is 1. The normalized spacial score (nSPS) is 16.6. The third-order valence-corrected chi connectivity index (χ3v) is 3.74. The molecular weight excluding hydrogens is 214 g/mol. The van der Waals surface area contributed by atoms with Crippen molar-refractivity contribution in [1.82, 2.24) is 0 Å². The Morgan fingerprint density at radius 2 is 2.12 bits per heavy atom. The summed E-state index contributed by atoms with van der Waals surface area (Å²) < 4.78 is 0. The fraction of sp³-hybridized carbons (Fsp3) is 0.500. The number of carboxylic acid groups (broad SMARTS) is 1. The van der Waals surface area contributed by atoms with Crippen LogP contribution in [0.1, 0.15) is 35.7 Å². The van der Waals surface area contributed by atoms with E-state index >= 15 is 0 Å². The molecule has 1 atom stereocenters. The summed E-state index contributed by atoms with van der Waals surface area (Å²) in [4.78, 5) is 13.4. The average Bonchev–Trinajstić information content (AvgIpc) is 3.10. The number of aromatic carboxylic acids is 1. The van der Waals surface area contributed by atoms with Gasteiger partial charge in [-0.2, -0.15) is 0 Å². The van der Waals surface area contributed by atoms with Crippen molar-refractivity contribution in [3.05, 3.63) is 29.3 Å². The van der Waals surface area contributed by atoms with Crippen LogP contribution in [0.5, 0.6) is 0 Å². The molecule has 0 spiro atoms. The van der Waals surface area contributed by atoms with Crippen molar-refractivity contribution < 1.29 is 9.90 Å². The third kappa shape index (κ3) is 2.28. The first kappa shape index (κ1) is 12.0. The average molecular weight is 233 g/mol. The largest absolute Gasteiger partial charge is 0.478 e. The van der Waals surface area contributed by atoms with Gasteiger partial charge in [0.2, 0.25) is 0 Å². The molecule has 1 N–H and O–H groups in total. The predicted octanol–water partition coefficient (Wildman–Crippen LogP) is 2.93. The van der Waals surface area contributed by atoms with Crippen LogP contribution in [-0.2, 0) is 0 Å². The van der Waals surface area contributed by atoms with Crippen molar-refractivity contribution in [3.8, 4) is 0 Å². The topological polar surface area (TPSA) is 40.5 Å². The fourth-order valence-corrected chi connectivity index (χ4v) is 2.40. The molecule has 2 rings (SSSR count). The van der Waals surface area contributed by atoms with E-state index in [9.17, 15) is 9.90 Å². The number of benzene rings is 1. The Kier molecular flexibility index (Phi) is 3.09. The van der Waals surface area contributed by atoms with E-state index in [4.69, 9.17) is 0 Å². The maximum atomic E-state index is 11.3. The molecule has 0 saturated heterocycles. The Morgan fingerprint density at radius 1 is 1.47 bits per heavy atom. The van der Waals surface area contributed by atoms with Gasteiger partial charge in [-0.1, -0.05) is 12.1 Å². The summed E-state index contributed by atoms with van der Waals surface area (Å²) >= 11 is 0. The molecule has 0 amide bonds. The number of rotatable bonds is 4. The Balaban J connectivity index is 2.38. The van der Waals surface area contributed by atoms with E-state index in [-0.39, 0.29) is 0 Å². The molecule has 17 heavy (non-hydrogen) atoms.